The minimum absolute atomic E-state index is 0.264. The van der Waals surface area contributed by atoms with Gasteiger partial charge in [0.25, 0.3) is 0 Å². The average molecular weight is 211 g/mol. The van der Waals surface area contributed by atoms with E-state index >= 15 is 0 Å². The van der Waals surface area contributed by atoms with E-state index in [1.807, 2.05) is 38.9 Å². The highest BCUT2D eigenvalue weighted by Gasteiger charge is 2.11. The largest absolute Gasteiger partial charge is 0.309 e. The summed E-state index contributed by atoms with van der Waals surface area (Å²) in [7, 11) is 3.97. The molecule has 1 aromatic rings. The first-order chi connectivity index (χ1) is 6.50. The van der Waals surface area contributed by atoms with Gasteiger partial charge in [0.15, 0.2) is 5.78 Å². The summed E-state index contributed by atoms with van der Waals surface area (Å²) < 4.78 is 0. The number of aryl methyl sites for hydroxylation is 2. The lowest BCUT2D eigenvalue weighted by Gasteiger charge is -2.07. The number of hydrogen-bond acceptors (Lipinski definition) is 3. The summed E-state index contributed by atoms with van der Waals surface area (Å²) in [5.41, 5.74) is 0.911. The molecule has 0 aliphatic rings. The van der Waals surface area contributed by atoms with Crippen LogP contribution in [-0.2, 0) is 0 Å². The van der Waals surface area contributed by atoms with Crippen molar-refractivity contribution in [3.8, 4) is 0 Å². The molecule has 0 unspecified atom stereocenters. The Hall–Kier alpha value is -0.670. The number of ketones is 1. The van der Waals surface area contributed by atoms with E-state index in [0.29, 0.717) is 6.42 Å². The third-order valence-electron chi connectivity index (χ3n) is 2.13. The topological polar surface area (TPSA) is 20.3 Å². The van der Waals surface area contributed by atoms with Gasteiger partial charge >= 0.3 is 0 Å². The second-order valence-electron chi connectivity index (χ2n) is 3.80. The standard InChI is InChI=1S/C11H17NOS/c1-8-7-10(9(2)14-8)11(13)5-6-12(3)4/h7H,5-6H2,1-4H3. The van der Waals surface area contributed by atoms with Gasteiger partial charge in [-0.25, -0.2) is 0 Å². The molecule has 1 aromatic heterocycles. The first kappa shape index (κ1) is 11.4. The molecule has 1 rings (SSSR count). The first-order valence-corrected chi connectivity index (χ1v) is 5.57. The lowest BCUT2D eigenvalue weighted by molar-refractivity contribution is 0.0972. The van der Waals surface area contributed by atoms with Crippen molar-refractivity contribution in [1.82, 2.24) is 4.90 Å². The molecule has 0 fully saturated rings. The van der Waals surface area contributed by atoms with Crippen molar-refractivity contribution in [1.29, 1.82) is 0 Å². The smallest absolute Gasteiger partial charge is 0.165 e. The fourth-order valence-electron chi connectivity index (χ4n) is 1.37. The van der Waals surface area contributed by atoms with Crippen LogP contribution in [0.4, 0.5) is 0 Å². The van der Waals surface area contributed by atoms with Crippen molar-refractivity contribution in [2.45, 2.75) is 20.3 Å². The van der Waals surface area contributed by atoms with Crippen molar-refractivity contribution >= 4 is 17.1 Å². The highest BCUT2D eigenvalue weighted by atomic mass is 32.1. The summed E-state index contributed by atoms with van der Waals surface area (Å²) in [5, 5.41) is 0. The molecule has 0 aromatic carbocycles. The number of hydrogen-bond donors (Lipinski definition) is 0. The zero-order chi connectivity index (χ0) is 10.7. The average Bonchev–Trinajstić information content (AvgIpc) is 2.41. The van der Waals surface area contributed by atoms with E-state index in [1.54, 1.807) is 11.3 Å². The van der Waals surface area contributed by atoms with Crippen molar-refractivity contribution in [2.75, 3.05) is 20.6 Å². The highest BCUT2D eigenvalue weighted by molar-refractivity contribution is 7.12. The van der Waals surface area contributed by atoms with E-state index in [1.165, 1.54) is 4.88 Å². The molecule has 2 nitrogen and oxygen atoms in total. The molecule has 0 aliphatic carbocycles. The Morgan fingerprint density at radius 3 is 2.50 bits per heavy atom. The summed E-state index contributed by atoms with van der Waals surface area (Å²) in [5.74, 6) is 0.264. The highest BCUT2D eigenvalue weighted by Crippen LogP contribution is 2.21. The lowest BCUT2D eigenvalue weighted by atomic mass is 10.1. The van der Waals surface area contributed by atoms with Crippen LogP contribution in [0.3, 0.4) is 0 Å². The molecule has 0 bridgehead atoms. The Labute approximate surface area is 89.5 Å². The van der Waals surface area contributed by atoms with Crippen LogP contribution in [0.15, 0.2) is 6.07 Å². The van der Waals surface area contributed by atoms with Crippen LogP contribution in [0.5, 0.6) is 0 Å². The fourth-order valence-corrected chi connectivity index (χ4v) is 2.31. The van der Waals surface area contributed by atoms with Gasteiger partial charge in [-0.1, -0.05) is 0 Å². The van der Waals surface area contributed by atoms with E-state index in [2.05, 4.69) is 0 Å². The van der Waals surface area contributed by atoms with Crippen LogP contribution in [0, 0.1) is 13.8 Å². The van der Waals surface area contributed by atoms with E-state index in [0.717, 1.165) is 17.0 Å². The molecule has 0 atom stereocenters. The van der Waals surface area contributed by atoms with Gasteiger partial charge < -0.3 is 4.90 Å². The fraction of sp³-hybridized carbons (Fsp3) is 0.545. The first-order valence-electron chi connectivity index (χ1n) is 4.75. The molecule has 78 valence electrons. The van der Waals surface area contributed by atoms with Crippen LogP contribution in [-0.4, -0.2) is 31.3 Å². The molecule has 0 saturated carbocycles. The summed E-state index contributed by atoms with van der Waals surface area (Å²) in [6.45, 7) is 4.88. The second kappa shape index (κ2) is 4.71. The summed E-state index contributed by atoms with van der Waals surface area (Å²) in [6, 6.07) is 2.00. The molecule has 0 aliphatic heterocycles. The molecule has 0 spiro atoms. The number of Topliss-reactive ketones (excluding diaryl/α,β-unsaturated/α-hetero) is 1. The third-order valence-corrected chi connectivity index (χ3v) is 3.09. The maximum Gasteiger partial charge on any atom is 0.165 e. The molecule has 1 heterocycles. The maximum atomic E-state index is 11.8. The van der Waals surface area contributed by atoms with Gasteiger partial charge in [0, 0.05) is 28.3 Å². The van der Waals surface area contributed by atoms with Gasteiger partial charge in [-0.2, -0.15) is 0 Å². The summed E-state index contributed by atoms with van der Waals surface area (Å²) >= 11 is 1.70. The Bertz CT molecular complexity index is 328. The van der Waals surface area contributed by atoms with E-state index in [9.17, 15) is 4.79 Å². The maximum absolute atomic E-state index is 11.8. The SMILES string of the molecule is Cc1cc(C(=O)CCN(C)C)c(C)s1. The van der Waals surface area contributed by atoms with Crippen LogP contribution in [0.1, 0.15) is 26.5 Å². The number of rotatable bonds is 4. The van der Waals surface area contributed by atoms with Crippen molar-refractivity contribution < 1.29 is 4.79 Å². The Morgan fingerprint density at radius 2 is 2.07 bits per heavy atom. The van der Waals surface area contributed by atoms with Gasteiger partial charge in [0.05, 0.1) is 0 Å². The second-order valence-corrected chi connectivity index (χ2v) is 5.26. The molecule has 0 amide bonds. The molecule has 14 heavy (non-hydrogen) atoms. The minimum Gasteiger partial charge on any atom is -0.309 e. The van der Waals surface area contributed by atoms with Crippen LogP contribution >= 0.6 is 11.3 Å². The van der Waals surface area contributed by atoms with Crippen LogP contribution in [0.25, 0.3) is 0 Å². The third kappa shape index (κ3) is 2.93. The molecule has 0 N–H and O–H groups in total. The summed E-state index contributed by atoms with van der Waals surface area (Å²) in [6.07, 6.45) is 0.615. The number of thiophene rings is 1. The quantitative estimate of drug-likeness (QED) is 0.713. The zero-order valence-corrected chi connectivity index (χ0v) is 10.1. The number of carbonyl (C=O) groups is 1. The van der Waals surface area contributed by atoms with Crippen LogP contribution < -0.4 is 0 Å². The Kier molecular flexibility index (Phi) is 3.84. The van der Waals surface area contributed by atoms with Gasteiger partial charge in [-0.15, -0.1) is 11.3 Å². The van der Waals surface area contributed by atoms with E-state index < -0.39 is 0 Å². The van der Waals surface area contributed by atoms with Gasteiger partial charge in [-0.3, -0.25) is 4.79 Å². The zero-order valence-electron chi connectivity index (χ0n) is 9.26. The predicted octanol–water partition coefficient (Wildman–Crippen LogP) is 2.50. The molecular weight excluding hydrogens is 194 g/mol. The van der Waals surface area contributed by atoms with Crippen molar-refractivity contribution in [3.63, 3.8) is 0 Å². The molecule has 0 radical (unpaired) electrons. The Balaban J connectivity index is 2.65. The lowest BCUT2D eigenvalue weighted by Crippen LogP contribution is -2.16. The van der Waals surface area contributed by atoms with Crippen LogP contribution in [0.2, 0.25) is 0 Å². The number of nitrogens with zero attached hydrogens (tertiary/aromatic N) is 1. The van der Waals surface area contributed by atoms with Gasteiger partial charge in [-0.05, 0) is 34.0 Å². The number of carbonyl (C=O) groups excluding carboxylic acids is 1. The molecule has 3 heteroatoms. The van der Waals surface area contributed by atoms with Gasteiger partial charge in [0.2, 0.25) is 0 Å². The summed E-state index contributed by atoms with van der Waals surface area (Å²) in [4.78, 5) is 16.2. The molecular formula is C11H17NOS. The monoisotopic (exact) mass is 211 g/mol. The van der Waals surface area contributed by atoms with Gasteiger partial charge in [0.1, 0.15) is 0 Å². The normalized spacial score (nSPS) is 10.9. The van der Waals surface area contributed by atoms with E-state index in [4.69, 9.17) is 0 Å². The molecule has 0 saturated heterocycles. The predicted molar refractivity (Wildman–Crippen MR) is 61.3 cm³/mol. The van der Waals surface area contributed by atoms with Crippen molar-refractivity contribution in [2.24, 2.45) is 0 Å². The minimum atomic E-state index is 0.264. The van der Waals surface area contributed by atoms with Crippen molar-refractivity contribution in [3.05, 3.63) is 21.4 Å². The van der Waals surface area contributed by atoms with E-state index in [-0.39, 0.29) is 5.78 Å². The Morgan fingerprint density at radius 1 is 1.43 bits per heavy atom.